The predicted molar refractivity (Wildman–Crippen MR) is 169 cm³/mol. The van der Waals surface area contributed by atoms with Gasteiger partial charge in [-0.15, -0.1) is 0 Å². The molecule has 8 aromatic rings. The van der Waals surface area contributed by atoms with Gasteiger partial charge in [0, 0.05) is 28.2 Å². The second-order valence-corrected chi connectivity index (χ2v) is 10.2. The van der Waals surface area contributed by atoms with E-state index < -0.39 is 0 Å². The zero-order valence-electron chi connectivity index (χ0n) is 21.8. The van der Waals surface area contributed by atoms with Crippen LogP contribution in [-0.4, -0.2) is 0 Å². The van der Waals surface area contributed by atoms with Crippen LogP contribution in [0.15, 0.2) is 150 Å². The number of hydrogen-bond acceptors (Lipinski definition) is 2. The number of fused-ring (bicyclic) bond motifs is 5. The minimum atomic E-state index is 0.889. The molecule has 0 bridgehead atoms. The maximum atomic E-state index is 6.07. The van der Waals surface area contributed by atoms with Crippen molar-refractivity contribution in [2.24, 2.45) is 0 Å². The van der Waals surface area contributed by atoms with Crippen LogP contribution in [0.1, 0.15) is 0 Å². The van der Waals surface area contributed by atoms with Crippen molar-refractivity contribution >= 4 is 54.9 Å². The highest BCUT2D eigenvalue weighted by Gasteiger charge is 2.11. The van der Waals surface area contributed by atoms with Crippen LogP contribution in [0.5, 0.6) is 0 Å². The first kappa shape index (κ1) is 22.6. The number of rotatable bonds is 4. The molecule has 0 amide bonds. The van der Waals surface area contributed by atoms with Gasteiger partial charge in [-0.1, -0.05) is 109 Å². The molecule has 2 heteroatoms. The molecule has 1 heterocycles. The highest BCUT2D eigenvalue weighted by molar-refractivity contribution is 6.09. The van der Waals surface area contributed by atoms with E-state index >= 15 is 0 Å². The summed E-state index contributed by atoms with van der Waals surface area (Å²) in [5.74, 6) is 0. The number of para-hydroxylation sites is 1. The molecule has 0 saturated carbocycles. The topological polar surface area (TPSA) is 25.2 Å². The molecule has 0 aliphatic heterocycles. The van der Waals surface area contributed by atoms with Crippen molar-refractivity contribution in [2.45, 2.75) is 0 Å². The standard InChI is InChI=1S/C38H25NO/c1-2-10-29-25(8-1)9-5-13-31(29)34-16-7-14-32-30(12-6-15-33(32)34)26-18-20-27(21-19-26)39-28-22-23-36-35-11-3-4-17-37(35)40-38(36)24-28/h1-24,39H. The zero-order valence-corrected chi connectivity index (χ0v) is 21.8. The Balaban J connectivity index is 1.14. The average molecular weight is 512 g/mol. The van der Waals surface area contributed by atoms with Gasteiger partial charge in [-0.3, -0.25) is 0 Å². The molecule has 188 valence electrons. The van der Waals surface area contributed by atoms with E-state index in [4.69, 9.17) is 4.42 Å². The molecule has 0 aliphatic rings. The minimum Gasteiger partial charge on any atom is -0.456 e. The molecule has 7 aromatic carbocycles. The Morgan fingerprint density at radius 2 is 0.950 bits per heavy atom. The van der Waals surface area contributed by atoms with Gasteiger partial charge >= 0.3 is 0 Å². The predicted octanol–water partition coefficient (Wildman–Crippen LogP) is 11.0. The van der Waals surface area contributed by atoms with E-state index in [0.717, 1.165) is 33.3 Å². The molecule has 1 aromatic heterocycles. The summed E-state index contributed by atoms with van der Waals surface area (Å²) in [5, 5.41) is 10.9. The minimum absolute atomic E-state index is 0.889. The van der Waals surface area contributed by atoms with Crippen molar-refractivity contribution in [3.05, 3.63) is 146 Å². The average Bonchev–Trinajstić information content (AvgIpc) is 3.38. The summed E-state index contributed by atoms with van der Waals surface area (Å²) in [7, 11) is 0. The SMILES string of the molecule is c1ccc2c(-c3cccc4c(-c5ccc(Nc6ccc7c(c6)oc6ccccc67)cc5)cccc34)cccc2c1. The Labute approximate surface area is 232 Å². The van der Waals surface area contributed by atoms with Gasteiger partial charge in [0.2, 0.25) is 0 Å². The van der Waals surface area contributed by atoms with Crippen LogP contribution < -0.4 is 5.32 Å². The molecular weight excluding hydrogens is 486 g/mol. The monoisotopic (exact) mass is 511 g/mol. The lowest BCUT2D eigenvalue weighted by molar-refractivity contribution is 0.669. The Hall–Kier alpha value is -5.34. The summed E-state index contributed by atoms with van der Waals surface area (Å²) in [5.41, 5.74) is 8.80. The van der Waals surface area contributed by atoms with E-state index in [1.807, 2.05) is 18.2 Å². The molecule has 0 aliphatic carbocycles. The highest BCUT2D eigenvalue weighted by atomic mass is 16.3. The lowest BCUT2D eigenvalue weighted by atomic mass is 9.91. The summed E-state index contributed by atoms with van der Waals surface area (Å²) in [4.78, 5) is 0. The fourth-order valence-corrected chi connectivity index (χ4v) is 5.96. The normalized spacial score (nSPS) is 11.5. The van der Waals surface area contributed by atoms with E-state index in [9.17, 15) is 0 Å². The lowest BCUT2D eigenvalue weighted by Crippen LogP contribution is -1.90. The van der Waals surface area contributed by atoms with E-state index in [1.165, 1.54) is 43.8 Å². The van der Waals surface area contributed by atoms with Gasteiger partial charge in [0.05, 0.1) is 0 Å². The Bertz CT molecular complexity index is 2180. The van der Waals surface area contributed by atoms with E-state index in [1.54, 1.807) is 0 Å². The van der Waals surface area contributed by atoms with Crippen molar-refractivity contribution in [3.8, 4) is 22.3 Å². The number of hydrogen-bond donors (Lipinski definition) is 1. The van der Waals surface area contributed by atoms with Crippen molar-refractivity contribution in [1.29, 1.82) is 0 Å². The first-order chi connectivity index (χ1) is 19.8. The van der Waals surface area contributed by atoms with Crippen LogP contribution in [0, 0.1) is 0 Å². The van der Waals surface area contributed by atoms with E-state index in [0.29, 0.717) is 0 Å². The highest BCUT2D eigenvalue weighted by Crippen LogP contribution is 2.38. The van der Waals surface area contributed by atoms with Gasteiger partial charge in [0.15, 0.2) is 0 Å². The van der Waals surface area contributed by atoms with Crippen molar-refractivity contribution in [1.82, 2.24) is 0 Å². The summed E-state index contributed by atoms with van der Waals surface area (Å²) < 4.78 is 6.07. The van der Waals surface area contributed by atoms with Crippen LogP contribution in [0.25, 0.3) is 65.7 Å². The van der Waals surface area contributed by atoms with Crippen molar-refractivity contribution in [3.63, 3.8) is 0 Å². The third-order valence-electron chi connectivity index (χ3n) is 7.87. The van der Waals surface area contributed by atoms with Gasteiger partial charge < -0.3 is 9.73 Å². The molecule has 40 heavy (non-hydrogen) atoms. The maximum absolute atomic E-state index is 6.07. The van der Waals surface area contributed by atoms with Gasteiger partial charge in [-0.05, 0) is 74.1 Å². The van der Waals surface area contributed by atoms with Crippen LogP contribution in [-0.2, 0) is 0 Å². The number of anilines is 2. The molecule has 0 atom stereocenters. The summed E-state index contributed by atoms with van der Waals surface area (Å²) in [6.07, 6.45) is 0. The second kappa shape index (κ2) is 9.14. The first-order valence-electron chi connectivity index (χ1n) is 13.6. The van der Waals surface area contributed by atoms with Crippen LogP contribution >= 0.6 is 0 Å². The van der Waals surface area contributed by atoms with Gasteiger partial charge in [0.1, 0.15) is 11.2 Å². The van der Waals surface area contributed by atoms with Gasteiger partial charge in [-0.25, -0.2) is 0 Å². The van der Waals surface area contributed by atoms with Crippen LogP contribution in [0.3, 0.4) is 0 Å². The first-order valence-corrected chi connectivity index (χ1v) is 13.6. The quantitative estimate of drug-likeness (QED) is 0.254. The van der Waals surface area contributed by atoms with Gasteiger partial charge in [-0.2, -0.15) is 0 Å². The molecule has 2 nitrogen and oxygen atoms in total. The number of nitrogens with one attached hydrogen (secondary N) is 1. The summed E-state index contributed by atoms with van der Waals surface area (Å²) in [6.45, 7) is 0. The Kier molecular flexibility index (Phi) is 5.17. The number of benzene rings is 7. The molecule has 0 radical (unpaired) electrons. The Morgan fingerprint density at radius 1 is 0.375 bits per heavy atom. The fourth-order valence-electron chi connectivity index (χ4n) is 5.96. The van der Waals surface area contributed by atoms with Crippen LogP contribution in [0.4, 0.5) is 11.4 Å². The zero-order chi connectivity index (χ0) is 26.5. The van der Waals surface area contributed by atoms with Crippen LogP contribution in [0.2, 0.25) is 0 Å². The van der Waals surface area contributed by atoms with Crippen molar-refractivity contribution in [2.75, 3.05) is 5.32 Å². The molecule has 0 spiro atoms. The second-order valence-electron chi connectivity index (χ2n) is 10.2. The largest absolute Gasteiger partial charge is 0.456 e. The molecule has 0 fully saturated rings. The van der Waals surface area contributed by atoms with E-state index in [-0.39, 0.29) is 0 Å². The summed E-state index contributed by atoms with van der Waals surface area (Å²) >= 11 is 0. The molecular formula is C38H25NO. The fraction of sp³-hybridized carbons (Fsp3) is 0. The maximum Gasteiger partial charge on any atom is 0.137 e. The molecule has 0 unspecified atom stereocenters. The van der Waals surface area contributed by atoms with Crippen molar-refractivity contribution < 1.29 is 4.42 Å². The summed E-state index contributed by atoms with van der Waals surface area (Å²) in [6, 6.07) is 51.6. The molecule has 0 saturated heterocycles. The molecule has 8 rings (SSSR count). The smallest absolute Gasteiger partial charge is 0.137 e. The Morgan fingerprint density at radius 3 is 1.80 bits per heavy atom. The third kappa shape index (κ3) is 3.73. The van der Waals surface area contributed by atoms with E-state index in [2.05, 4.69) is 133 Å². The van der Waals surface area contributed by atoms with Gasteiger partial charge in [0.25, 0.3) is 0 Å². The lowest BCUT2D eigenvalue weighted by Gasteiger charge is -2.14. The number of furan rings is 1. The third-order valence-corrected chi connectivity index (χ3v) is 7.87. The molecule has 1 N–H and O–H groups in total.